The predicted molar refractivity (Wildman–Crippen MR) is 110 cm³/mol. The van der Waals surface area contributed by atoms with Crippen molar-refractivity contribution in [2.45, 2.75) is 31.2 Å². The number of aryl methyl sites for hydroxylation is 1. The van der Waals surface area contributed by atoms with E-state index in [0.717, 1.165) is 24.4 Å². The van der Waals surface area contributed by atoms with Crippen LogP contribution in [0.15, 0.2) is 40.9 Å². The van der Waals surface area contributed by atoms with Crippen molar-refractivity contribution in [3.05, 3.63) is 59.1 Å². The number of carbonyl (C=O) groups excluding carboxylic acids is 2. The van der Waals surface area contributed by atoms with Gasteiger partial charge in [0.2, 0.25) is 5.91 Å². The molecule has 3 heterocycles. The Labute approximate surface area is 194 Å². The minimum absolute atomic E-state index is 0.0158. The van der Waals surface area contributed by atoms with Gasteiger partial charge in [0, 0.05) is 18.1 Å². The van der Waals surface area contributed by atoms with Crippen LogP contribution in [0.2, 0.25) is 0 Å². The third-order valence-electron chi connectivity index (χ3n) is 5.59. The Morgan fingerprint density at radius 2 is 2.03 bits per heavy atom. The number of halogens is 5. The van der Waals surface area contributed by atoms with Crippen molar-refractivity contribution < 1.29 is 45.8 Å². The van der Waals surface area contributed by atoms with E-state index in [2.05, 4.69) is 20.4 Å². The number of furan rings is 1. The molecule has 0 radical (unpaired) electrons. The first-order chi connectivity index (χ1) is 16.4. The zero-order valence-electron chi connectivity index (χ0n) is 18.0. The molecule has 0 saturated carbocycles. The van der Waals surface area contributed by atoms with Crippen LogP contribution in [0, 0.1) is 6.92 Å². The number of nitrogens with one attached hydrogen (secondary N) is 2. The number of aliphatic hydroxyl groups is 1. The van der Waals surface area contributed by atoms with Crippen LogP contribution < -0.4 is 15.4 Å². The molecule has 1 aliphatic heterocycles. The predicted octanol–water partition coefficient (Wildman–Crippen LogP) is 3.26. The first kappa shape index (κ1) is 24.4. The van der Waals surface area contributed by atoms with Crippen LogP contribution in [-0.4, -0.2) is 40.6 Å². The summed E-state index contributed by atoms with van der Waals surface area (Å²) in [5.74, 6) is -1.87. The van der Waals surface area contributed by atoms with E-state index < -0.39 is 53.3 Å². The van der Waals surface area contributed by atoms with Crippen molar-refractivity contribution in [3.63, 3.8) is 0 Å². The van der Waals surface area contributed by atoms with Gasteiger partial charge in [-0.2, -0.15) is 22.0 Å². The lowest BCUT2D eigenvalue weighted by atomic mass is 9.97. The lowest BCUT2D eigenvalue weighted by molar-refractivity contribution is -0.196. The van der Waals surface area contributed by atoms with E-state index in [1.54, 1.807) is 0 Å². The Bertz CT molecular complexity index is 1310. The number of fused-ring (bicyclic) bond motifs is 1. The fraction of sp³-hybridized carbons (Fsp3) is 0.318. The highest BCUT2D eigenvalue weighted by Gasteiger charge is 2.46. The number of rotatable bonds is 6. The molecular weight excluding hydrogens is 481 g/mol. The molecule has 1 aliphatic rings. The van der Waals surface area contributed by atoms with Gasteiger partial charge in [0.1, 0.15) is 22.6 Å². The van der Waals surface area contributed by atoms with E-state index in [1.807, 2.05) is 0 Å². The topological polar surface area (TPSA) is 114 Å². The summed E-state index contributed by atoms with van der Waals surface area (Å²) < 4.78 is 79.2. The molecular formula is C22H18F5N3O5. The number of nitrogens with zero attached hydrogens (tertiary/aromatic N) is 1. The maximum absolute atomic E-state index is 14.8. The smallest absolute Gasteiger partial charge is 0.433 e. The standard InChI is InChI=1S/C22H18F5N3O5/c1-11-16(18(32)30-20(10-31)6-8-29-19(20)33)13-9-12(4-5-15(13)34-11)35-22(26,27)14-3-2-7-28-17(14)21(23,24)25/h2-5,7,9,31H,6,8,10H2,1H3,(H,29,33)(H,30,32). The molecule has 3 aromatic rings. The number of ether oxygens (including phenoxy) is 1. The number of carbonyl (C=O) groups is 2. The molecule has 0 aliphatic carbocycles. The molecule has 13 heteroatoms. The van der Waals surface area contributed by atoms with Gasteiger partial charge in [-0.05, 0) is 43.7 Å². The number of aromatic nitrogens is 1. The van der Waals surface area contributed by atoms with Crippen molar-refractivity contribution in [2.24, 2.45) is 0 Å². The summed E-state index contributed by atoms with van der Waals surface area (Å²) in [7, 11) is 0. The van der Waals surface area contributed by atoms with E-state index in [9.17, 15) is 36.6 Å². The second-order valence-electron chi connectivity index (χ2n) is 7.91. The molecule has 0 spiro atoms. The summed E-state index contributed by atoms with van der Waals surface area (Å²) in [6.07, 6.45) is -8.71. The minimum Gasteiger partial charge on any atom is -0.461 e. The van der Waals surface area contributed by atoms with E-state index in [4.69, 9.17) is 4.42 Å². The summed E-state index contributed by atoms with van der Waals surface area (Å²) >= 11 is 0. The Morgan fingerprint density at radius 3 is 2.66 bits per heavy atom. The number of hydrogen-bond donors (Lipinski definition) is 3. The first-order valence-corrected chi connectivity index (χ1v) is 10.2. The van der Waals surface area contributed by atoms with Crippen molar-refractivity contribution in [3.8, 4) is 5.75 Å². The van der Waals surface area contributed by atoms with Crippen LogP contribution in [0.1, 0.15) is 33.8 Å². The van der Waals surface area contributed by atoms with E-state index in [1.165, 1.54) is 13.0 Å². The molecule has 1 aromatic carbocycles. The van der Waals surface area contributed by atoms with Gasteiger partial charge in [-0.25, -0.2) is 0 Å². The monoisotopic (exact) mass is 499 g/mol. The van der Waals surface area contributed by atoms with Crippen LogP contribution in [0.4, 0.5) is 22.0 Å². The van der Waals surface area contributed by atoms with Gasteiger partial charge in [0.25, 0.3) is 5.91 Å². The average Bonchev–Trinajstić information content (AvgIpc) is 3.31. The molecule has 8 nitrogen and oxygen atoms in total. The molecule has 35 heavy (non-hydrogen) atoms. The van der Waals surface area contributed by atoms with Gasteiger partial charge in [-0.15, -0.1) is 0 Å². The summed E-state index contributed by atoms with van der Waals surface area (Å²) in [5.41, 5.74) is -4.85. The fourth-order valence-corrected chi connectivity index (χ4v) is 3.88. The molecule has 2 amide bonds. The second-order valence-corrected chi connectivity index (χ2v) is 7.91. The van der Waals surface area contributed by atoms with Crippen LogP contribution in [-0.2, 0) is 17.1 Å². The Kier molecular flexibility index (Phi) is 5.91. The van der Waals surface area contributed by atoms with Crippen molar-refractivity contribution >= 4 is 22.8 Å². The second kappa shape index (κ2) is 8.48. The quantitative estimate of drug-likeness (QED) is 0.449. The number of hydrogen-bond acceptors (Lipinski definition) is 6. The SMILES string of the molecule is Cc1oc2ccc(OC(F)(F)c3cccnc3C(F)(F)F)cc2c1C(=O)NC1(CO)CCNC1=O. The number of pyridine rings is 1. The molecule has 4 rings (SSSR count). The largest absolute Gasteiger partial charge is 0.461 e. The lowest BCUT2D eigenvalue weighted by Gasteiger charge is -2.24. The maximum atomic E-state index is 14.8. The highest BCUT2D eigenvalue weighted by Crippen LogP contribution is 2.40. The number of benzene rings is 1. The van der Waals surface area contributed by atoms with Crippen molar-refractivity contribution in [1.82, 2.24) is 15.6 Å². The summed E-state index contributed by atoms with van der Waals surface area (Å²) in [6.45, 7) is 0.981. The summed E-state index contributed by atoms with van der Waals surface area (Å²) in [5, 5.41) is 14.7. The molecule has 1 fully saturated rings. The molecule has 186 valence electrons. The van der Waals surface area contributed by atoms with Crippen LogP contribution in [0.5, 0.6) is 5.75 Å². The van der Waals surface area contributed by atoms with E-state index >= 15 is 0 Å². The number of aliphatic hydroxyl groups excluding tert-OH is 1. The van der Waals surface area contributed by atoms with Gasteiger partial charge in [-0.3, -0.25) is 14.6 Å². The van der Waals surface area contributed by atoms with E-state index in [0.29, 0.717) is 6.07 Å². The molecule has 1 saturated heterocycles. The van der Waals surface area contributed by atoms with Gasteiger partial charge in [0.15, 0.2) is 5.69 Å². The Morgan fingerprint density at radius 1 is 1.29 bits per heavy atom. The normalized spacial score (nSPS) is 18.5. The summed E-state index contributed by atoms with van der Waals surface area (Å²) in [4.78, 5) is 28.1. The molecule has 1 atom stereocenters. The van der Waals surface area contributed by atoms with Crippen molar-refractivity contribution in [1.29, 1.82) is 0 Å². The highest BCUT2D eigenvalue weighted by molar-refractivity contribution is 6.09. The molecule has 1 unspecified atom stereocenters. The van der Waals surface area contributed by atoms with E-state index in [-0.39, 0.29) is 35.3 Å². The van der Waals surface area contributed by atoms with Gasteiger partial charge in [-0.1, -0.05) is 0 Å². The maximum Gasteiger partial charge on any atom is 0.433 e. The third kappa shape index (κ3) is 4.38. The van der Waals surface area contributed by atoms with Crippen LogP contribution in [0.3, 0.4) is 0 Å². The van der Waals surface area contributed by atoms with Crippen molar-refractivity contribution in [2.75, 3.05) is 13.2 Å². The number of amides is 2. The molecule has 2 aromatic heterocycles. The molecule has 0 bridgehead atoms. The first-order valence-electron chi connectivity index (χ1n) is 10.2. The lowest BCUT2D eigenvalue weighted by Crippen LogP contribution is -2.56. The zero-order chi connectivity index (χ0) is 25.6. The third-order valence-corrected chi connectivity index (χ3v) is 5.59. The fourth-order valence-electron chi connectivity index (χ4n) is 3.88. The van der Waals surface area contributed by atoms with Crippen LogP contribution >= 0.6 is 0 Å². The van der Waals surface area contributed by atoms with Gasteiger partial charge in [0.05, 0.1) is 17.7 Å². The zero-order valence-corrected chi connectivity index (χ0v) is 18.0. The highest BCUT2D eigenvalue weighted by atomic mass is 19.4. The summed E-state index contributed by atoms with van der Waals surface area (Å²) in [6, 6.07) is 4.74. The Hall–Kier alpha value is -3.74. The van der Waals surface area contributed by atoms with Crippen LogP contribution in [0.25, 0.3) is 11.0 Å². The van der Waals surface area contributed by atoms with Gasteiger partial charge < -0.3 is 24.9 Å². The van der Waals surface area contributed by atoms with Gasteiger partial charge >= 0.3 is 12.3 Å². The minimum atomic E-state index is -5.14. The average molecular weight is 499 g/mol. The molecule has 3 N–H and O–H groups in total. The Balaban J connectivity index is 1.69. The number of alkyl halides is 5.